The number of rotatable bonds is 7. The van der Waals surface area contributed by atoms with Gasteiger partial charge < -0.3 is 10.1 Å². The van der Waals surface area contributed by atoms with Crippen molar-refractivity contribution < 1.29 is 4.74 Å². The Bertz CT molecular complexity index is 433. The van der Waals surface area contributed by atoms with Gasteiger partial charge in [-0.25, -0.2) is 0 Å². The molecule has 1 saturated heterocycles. The standard InChI is InChI=1S/C17H27BrN2O/c1-3-8-19-12-14-4-5-15(17(18)11-14)13-20(2)16-6-9-21-10-7-16/h4-5,11,16,19H,3,6-10,12-13H2,1-2H3. The van der Waals surface area contributed by atoms with Crippen molar-refractivity contribution in [2.75, 3.05) is 26.8 Å². The summed E-state index contributed by atoms with van der Waals surface area (Å²) in [4.78, 5) is 2.46. The van der Waals surface area contributed by atoms with Crippen molar-refractivity contribution in [2.24, 2.45) is 0 Å². The molecule has 0 radical (unpaired) electrons. The van der Waals surface area contributed by atoms with Gasteiger partial charge in [0.1, 0.15) is 0 Å². The van der Waals surface area contributed by atoms with Crippen LogP contribution in [0, 0.1) is 0 Å². The Morgan fingerprint density at radius 2 is 2.10 bits per heavy atom. The average molecular weight is 355 g/mol. The second-order valence-electron chi connectivity index (χ2n) is 5.86. The molecule has 4 heteroatoms. The van der Waals surface area contributed by atoms with Gasteiger partial charge >= 0.3 is 0 Å². The highest BCUT2D eigenvalue weighted by molar-refractivity contribution is 9.10. The van der Waals surface area contributed by atoms with Gasteiger partial charge in [0, 0.05) is 36.8 Å². The number of halogens is 1. The zero-order chi connectivity index (χ0) is 15.1. The molecule has 1 aliphatic rings. The first-order valence-corrected chi connectivity index (χ1v) is 8.76. The van der Waals surface area contributed by atoms with Gasteiger partial charge in [-0.05, 0) is 50.0 Å². The minimum atomic E-state index is 0.650. The van der Waals surface area contributed by atoms with Crippen LogP contribution in [0.3, 0.4) is 0 Å². The van der Waals surface area contributed by atoms with Gasteiger partial charge in [-0.15, -0.1) is 0 Å². The molecule has 0 saturated carbocycles. The number of hydrogen-bond acceptors (Lipinski definition) is 3. The molecule has 21 heavy (non-hydrogen) atoms. The van der Waals surface area contributed by atoms with E-state index >= 15 is 0 Å². The fourth-order valence-corrected chi connectivity index (χ4v) is 3.31. The Balaban J connectivity index is 1.90. The van der Waals surface area contributed by atoms with E-state index in [9.17, 15) is 0 Å². The zero-order valence-electron chi connectivity index (χ0n) is 13.2. The van der Waals surface area contributed by atoms with E-state index in [1.165, 1.54) is 22.0 Å². The van der Waals surface area contributed by atoms with E-state index in [0.717, 1.165) is 45.7 Å². The maximum absolute atomic E-state index is 5.44. The molecule has 1 heterocycles. The van der Waals surface area contributed by atoms with Crippen LogP contribution in [0.25, 0.3) is 0 Å². The van der Waals surface area contributed by atoms with Gasteiger partial charge in [0.2, 0.25) is 0 Å². The van der Waals surface area contributed by atoms with E-state index in [2.05, 4.69) is 58.3 Å². The molecule has 1 aliphatic heterocycles. The highest BCUT2D eigenvalue weighted by Crippen LogP contribution is 2.22. The molecule has 0 bridgehead atoms. The van der Waals surface area contributed by atoms with Gasteiger partial charge in [-0.3, -0.25) is 4.90 Å². The van der Waals surface area contributed by atoms with Gasteiger partial charge in [-0.2, -0.15) is 0 Å². The Hall–Kier alpha value is -0.420. The maximum Gasteiger partial charge on any atom is 0.0480 e. The largest absolute Gasteiger partial charge is 0.381 e. The third-order valence-electron chi connectivity index (χ3n) is 4.11. The zero-order valence-corrected chi connectivity index (χ0v) is 14.8. The van der Waals surface area contributed by atoms with E-state index in [1.54, 1.807) is 0 Å². The first-order valence-electron chi connectivity index (χ1n) is 7.96. The lowest BCUT2D eigenvalue weighted by molar-refractivity contribution is 0.0406. The second kappa shape index (κ2) is 8.89. The lowest BCUT2D eigenvalue weighted by atomic mass is 10.1. The molecule has 3 nitrogen and oxygen atoms in total. The van der Waals surface area contributed by atoms with E-state index in [1.807, 2.05) is 0 Å². The quantitative estimate of drug-likeness (QED) is 0.757. The fourth-order valence-electron chi connectivity index (χ4n) is 2.76. The van der Waals surface area contributed by atoms with Crippen molar-refractivity contribution in [1.82, 2.24) is 10.2 Å². The van der Waals surface area contributed by atoms with Crippen LogP contribution in [0.4, 0.5) is 0 Å². The van der Waals surface area contributed by atoms with E-state index in [0.29, 0.717) is 6.04 Å². The van der Waals surface area contributed by atoms with Crippen molar-refractivity contribution in [3.8, 4) is 0 Å². The summed E-state index contributed by atoms with van der Waals surface area (Å²) in [5.41, 5.74) is 2.70. The summed E-state index contributed by atoms with van der Waals surface area (Å²) in [6.07, 6.45) is 3.47. The van der Waals surface area contributed by atoms with Crippen molar-refractivity contribution in [3.05, 3.63) is 33.8 Å². The summed E-state index contributed by atoms with van der Waals surface area (Å²) in [6, 6.07) is 7.38. The molecule has 1 aromatic rings. The van der Waals surface area contributed by atoms with Crippen molar-refractivity contribution in [2.45, 2.75) is 45.3 Å². The topological polar surface area (TPSA) is 24.5 Å². The maximum atomic E-state index is 5.44. The molecule has 0 atom stereocenters. The van der Waals surface area contributed by atoms with Crippen LogP contribution in [-0.4, -0.2) is 37.7 Å². The molecule has 118 valence electrons. The Labute approximate surface area is 137 Å². The minimum absolute atomic E-state index is 0.650. The van der Waals surface area contributed by atoms with E-state index in [-0.39, 0.29) is 0 Å². The van der Waals surface area contributed by atoms with Gasteiger partial charge in [0.25, 0.3) is 0 Å². The van der Waals surface area contributed by atoms with Gasteiger partial charge in [0.15, 0.2) is 0 Å². The smallest absolute Gasteiger partial charge is 0.0480 e. The van der Waals surface area contributed by atoms with E-state index < -0.39 is 0 Å². The molecule has 1 N–H and O–H groups in total. The predicted octanol–water partition coefficient (Wildman–Crippen LogP) is 3.56. The summed E-state index contributed by atoms with van der Waals surface area (Å²) in [5.74, 6) is 0. The molecular formula is C17H27BrN2O. The predicted molar refractivity (Wildman–Crippen MR) is 91.4 cm³/mol. The number of nitrogens with zero attached hydrogens (tertiary/aromatic N) is 1. The molecule has 1 aromatic carbocycles. The van der Waals surface area contributed by atoms with Gasteiger partial charge in [0.05, 0.1) is 0 Å². The number of nitrogens with one attached hydrogen (secondary N) is 1. The number of ether oxygens (including phenoxy) is 1. The van der Waals surface area contributed by atoms with Crippen LogP contribution in [-0.2, 0) is 17.8 Å². The highest BCUT2D eigenvalue weighted by Gasteiger charge is 2.19. The summed E-state index contributed by atoms with van der Waals surface area (Å²) >= 11 is 3.73. The summed E-state index contributed by atoms with van der Waals surface area (Å²) in [6.45, 7) is 7.01. The summed E-state index contributed by atoms with van der Waals surface area (Å²) < 4.78 is 6.66. The average Bonchev–Trinajstić information content (AvgIpc) is 2.51. The van der Waals surface area contributed by atoms with Crippen LogP contribution in [0.5, 0.6) is 0 Å². The molecule has 0 aliphatic carbocycles. The van der Waals surface area contributed by atoms with Crippen molar-refractivity contribution >= 4 is 15.9 Å². The summed E-state index contributed by atoms with van der Waals surface area (Å²) in [7, 11) is 2.22. The second-order valence-corrected chi connectivity index (χ2v) is 6.72. The molecular weight excluding hydrogens is 328 g/mol. The number of benzene rings is 1. The first kappa shape index (κ1) is 16.9. The van der Waals surface area contributed by atoms with Crippen LogP contribution in [0.15, 0.2) is 22.7 Å². The van der Waals surface area contributed by atoms with Crippen LogP contribution >= 0.6 is 15.9 Å². The highest BCUT2D eigenvalue weighted by atomic mass is 79.9. The molecule has 0 spiro atoms. The normalized spacial score (nSPS) is 16.6. The first-order chi connectivity index (χ1) is 10.2. The Morgan fingerprint density at radius 1 is 1.33 bits per heavy atom. The molecule has 0 amide bonds. The Morgan fingerprint density at radius 3 is 2.76 bits per heavy atom. The van der Waals surface area contributed by atoms with Crippen LogP contribution < -0.4 is 5.32 Å². The van der Waals surface area contributed by atoms with Crippen molar-refractivity contribution in [1.29, 1.82) is 0 Å². The van der Waals surface area contributed by atoms with Gasteiger partial charge in [-0.1, -0.05) is 35.0 Å². The Kier molecular flexibility index (Phi) is 7.17. The molecule has 0 aromatic heterocycles. The third kappa shape index (κ3) is 5.37. The minimum Gasteiger partial charge on any atom is -0.381 e. The fraction of sp³-hybridized carbons (Fsp3) is 0.647. The lowest BCUT2D eigenvalue weighted by Crippen LogP contribution is -2.36. The monoisotopic (exact) mass is 354 g/mol. The molecule has 1 fully saturated rings. The third-order valence-corrected chi connectivity index (χ3v) is 4.85. The molecule has 0 unspecified atom stereocenters. The molecule has 2 rings (SSSR count). The van der Waals surface area contributed by atoms with E-state index in [4.69, 9.17) is 4.74 Å². The summed E-state index contributed by atoms with van der Waals surface area (Å²) in [5, 5.41) is 3.45. The number of hydrogen-bond donors (Lipinski definition) is 1. The lowest BCUT2D eigenvalue weighted by Gasteiger charge is -2.31. The van der Waals surface area contributed by atoms with Crippen molar-refractivity contribution in [3.63, 3.8) is 0 Å². The van der Waals surface area contributed by atoms with Crippen LogP contribution in [0.1, 0.15) is 37.3 Å². The van der Waals surface area contributed by atoms with Crippen LogP contribution in [0.2, 0.25) is 0 Å². The SMILES string of the molecule is CCCNCc1ccc(CN(C)C2CCOCC2)c(Br)c1.